The van der Waals surface area contributed by atoms with E-state index in [2.05, 4.69) is 5.32 Å². The van der Waals surface area contributed by atoms with E-state index in [0.29, 0.717) is 31.9 Å². The lowest BCUT2D eigenvalue weighted by molar-refractivity contribution is -0.133. The Labute approximate surface area is 154 Å². The lowest BCUT2D eigenvalue weighted by atomic mass is 10.1. The molecule has 1 aromatic rings. The summed E-state index contributed by atoms with van der Waals surface area (Å²) < 4.78 is 19.1. The Kier molecular flexibility index (Phi) is 8.22. The van der Waals surface area contributed by atoms with Crippen molar-refractivity contribution in [2.45, 2.75) is 18.6 Å². The van der Waals surface area contributed by atoms with E-state index in [9.17, 15) is 9.18 Å². The standard InChI is InChI=1S/C16H22FN3O2.2ClH/c1-22-12-10-14(18-11-12)16(21)20-8-6-19(7-9-20)15-5-3-2-4-13(15)17;;/h2-5,12,14,18H,6-11H2,1H3;2*1H/t12-,14-;;/m0../s1. The minimum Gasteiger partial charge on any atom is -0.380 e. The van der Waals surface area contributed by atoms with Crippen molar-refractivity contribution >= 4 is 36.4 Å². The van der Waals surface area contributed by atoms with E-state index in [-0.39, 0.29) is 48.7 Å². The number of methoxy groups -OCH3 is 1. The SMILES string of the molecule is CO[C@@H]1CN[C@H](C(=O)N2CCN(c3ccccc3F)CC2)C1.Cl.Cl. The topological polar surface area (TPSA) is 44.8 Å². The Bertz CT molecular complexity index is 542. The molecular formula is C16H24Cl2FN3O2. The molecule has 2 atom stereocenters. The van der Waals surface area contributed by atoms with E-state index < -0.39 is 0 Å². The smallest absolute Gasteiger partial charge is 0.239 e. The third kappa shape index (κ3) is 4.51. The zero-order valence-corrected chi connectivity index (χ0v) is 15.2. The van der Waals surface area contributed by atoms with Gasteiger partial charge >= 0.3 is 0 Å². The van der Waals surface area contributed by atoms with Crippen LogP contribution in [-0.4, -0.2) is 62.8 Å². The first kappa shape index (κ1) is 21.0. The van der Waals surface area contributed by atoms with E-state index in [1.807, 2.05) is 15.9 Å². The second-order valence-electron chi connectivity index (χ2n) is 5.82. The molecule has 1 N–H and O–H groups in total. The highest BCUT2D eigenvalue weighted by atomic mass is 35.5. The minimum absolute atomic E-state index is 0. The van der Waals surface area contributed by atoms with Crippen molar-refractivity contribution in [3.63, 3.8) is 0 Å². The summed E-state index contributed by atoms with van der Waals surface area (Å²) in [7, 11) is 1.67. The van der Waals surface area contributed by atoms with E-state index >= 15 is 0 Å². The van der Waals surface area contributed by atoms with Gasteiger partial charge in [0.1, 0.15) is 5.82 Å². The Morgan fingerprint density at radius 3 is 2.46 bits per heavy atom. The van der Waals surface area contributed by atoms with Gasteiger partial charge in [0, 0.05) is 39.8 Å². The highest BCUT2D eigenvalue weighted by Gasteiger charge is 2.33. The number of hydrogen-bond donors (Lipinski definition) is 1. The quantitative estimate of drug-likeness (QED) is 0.867. The van der Waals surface area contributed by atoms with Crippen molar-refractivity contribution in [3.05, 3.63) is 30.1 Å². The van der Waals surface area contributed by atoms with Crippen LogP contribution < -0.4 is 10.2 Å². The Balaban J connectivity index is 0.00000144. The molecule has 0 unspecified atom stereocenters. The number of rotatable bonds is 3. The van der Waals surface area contributed by atoms with Crippen LogP contribution in [0.1, 0.15) is 6.42 Å². The fourth-order valence-corrected chi connectivity index (χ4v) is 3.17. The first-order valence-electron chi connectivity index (χ1n) is 7.73. The fourth-order valence-electron chi connectivity index (χ4n) is 3.17. The first-order valence-corrected chi connectivity index (χ1v) is 7.73. The number of para-hydroxylation sites is 1. The molecule has 24 heavy (non-hydrogen) atoms. The number of ether oxygens (including phenoxy) is 1. The molecule has 0 radical (unpaired) electrons. The molecule has 0 bridgehead atoms. The highest BCUT2D eigenvalue weighted by Crippen LogP contribution is 2.21. The zero-order valence-electron chi connectivity index (χ0n) is 13.6. The number of piperazine rings is 1. The number of nitrogens with one attached hydrogen (secondary N) is 1. The van der Waals surface area contributed by atoms with Crippen LogP contribution in [0.3, 0.4) is 0 Å². The molecule has 2 aliphatic heterocycles. The van der Waals surface area contributed by atoms with Crippen LogP contribution in [0.25, 0.3) is 0 Å². The molecule has 0 saturated carbocycles. The van der Waals surface area contributed by atoms with Gasteiger partial charge in [0.15, 0.2) is 0 Å². The maximum atomic E-state index is 13.8. The molecule has 0 spiro atoms. The van der Waals surface area contributed by atoms with Crippen molar-refractivity contribution in [2.75, 3.05) is 44.7 Å². The van der Waals surface area contributed by atoms with Gasteiger partial charge in [-0.05, 0) is 18.6 Å². The molecule has 5 nitrogen and oxygen atoms in total. The van der Waals surface area contributed by atoms with Gasteiger partial charge in [-0.3, -0.25) is 4.79 Å². The fraction of sp³-hybridized carbons (Fsp3) is 0.562. The summed E-state index contributed by atoms with van der Waals surface area (Å²) >= 11 is 0. The van der Waals surface area contributed by atoms with E-state index in [4.69, 9.17) is 4.74 Å². The van der Waals surface area contributed by atoms with Crippen LogP contribution in [0, 0.1) is 5.82 Å². The summed E-state index contributed by atoms with van der Waals surface area (Å²) in [5, 5.41) is 3.22. The molecule has 2 heterocycles. The molecule has 2 fully saturated rings. The number of carbonyl (C=O) groups excluding carboxylic acids is 1. The summed E-state index contributed by atoms with van der Waals surface area (Å²) in [6.45, 7) is 3.30. The molecule has 0 aromatic heterocycles. The lowest BCUT2D eigenvalue weighted by Crippen LogP contribution is -2.53. The van der Waals surface area contributed by atoms with Crippen molar-refractivity contribution in [2.24, 2.45) is 0 Å². The molecule has 1 amide bonds. The Morgan fingerprint density at radius 1 is 1.21 bits per heavy atom. The second kappa shape index (κ2) is 9.42. The molecule has 136 valence electrons. The van der Waals surface area contributed by atoms with Crippen molar-refractivity contribution in [1.82, 2.24) is 10.2 Å². The maximum absolute atomic E-state index is 13.8. The number of benzene rings is 1. The van der Waals surface area contributed by atoms with Crippen LogP contribution >= 0.6 is 24.8 Å². The van der Waals surface area contributed by atoms with Gasteiger partial charge in [-0.15, -0.1) is 24.8 Å². The van der Waals surface area contributed by atoms with Gasteiger partial charge in [0.2, 0.25) is 5.91 Å². The zero-order chi connectivity index (χ0) is 15.5. The van der Waals surface area contributed by atoms with Gasteiger partial charge < -0.3 is 19.9 Å². The number of amides is 1. The van der Waals surface area contributed by atoms with Gasteiger partial charge in [0.25, 0.3) is 0 Å². The number of halogens is 3. The summed E-state index contributed by atoms with van der Waals surface area (Å²) in [6, 6.07) is 6.64. The molecule has 2 aliphatic rings. The predicted octanol–water partition coefficient (Wildman–Crippen LogP) is 1.69. The van der Waals surface area contributed by atoms with Crippen LogP contribution in [0.4, 0.5) is 10.1 Å². The normalized spacial score (nSPS) is 23.4. The van der Waals surface area contributed by atoms with Gasteiger partial charge in [0.05, 0.1) is 17.8 Å². The van der Waals surface area contributed by atoms with E-state index in [1.54, 1.807) is 19.2 Å². The third-order valence-corrected chi connectivity index (χ3v) is 4.51. The monoisotopic (exact) mass is 379 g/mol. The molecular weight excluding hydrogens is 356 g/mol. The van der Waals surface area contributed by atoms with Gasteiger partial charge in [-0.2, -0.15) is 0 Å². The van der Waals surface area contributed by atoms with Gasteiger partial charge in [-0.1, -0.05) is 12.1 Å². The summed E-state index contributed by atoms with van der Waals surface area (Å²) in [4.78, 5) is 16.4. The maximum Gasteiger partial charge on any atom is 0.239 e. The average molecular weight is 380 g/mol. The number of hydrogen-bond acceptors (Lipinski definition) is 4. The molecule has 8 heteroatoms. The number of anilines is 1. The van der Waals surface area contributed by atoms with Crippen LogP contribution in [-0.2, 0) is 9.53 Å². The van der Waals surface area contributed by atoms with Crippen LogP contribution in [0.15, 0.2) is 24.3 Å². The predicted molar refractivity (Wildman–Crippen MR) is 96.9 cm³/mol. The summed E-state index contributed by atoms with van der Waals surface area (Å²) in [5.41, 5.74) is 0.619. The molecule has 3 rings (SSSR count). The van der Waals surface area contributed by atoms with Crippen molar-refractivity contribution in [1.29, 1.82) is 0 Å². The summed E-state index contributed by atoms with van der Waals surface area (Å²) in [6.07, 6.45) is 0.844. The van der Waals surface area contributed by atoms with Crippen LogP contribution in [0.5, 0.6) is 0 Å². The molecule has 0 aliphatic carbocycles. The van der Waals surface area contributed by atoms with Crippen LogP contribution in [0.2, 0.25) is 0 Å². The second-order valence-corrected chi connectivity index (χ2v) is 5.82. The summed E-state index contributed by atoms with van der Waals surface area (Å²) in [5.74, 6) is -0.0737. The molecule has 2 saturated heterocycles. The van der Waals surface area contributed by atoms with E-state index in [1.165, 1.54) is 6.07 Å². The first-order chi connectivity index (χ1) is 10.7. The lowest BCUT2D eigenvalue weighted by Gasteiger charge is -2.37. The number of carbonyl (C=O) groups is 1. The largest absolute Gasteiger partial charge is 0.380 e. The molecule has 1 aromatic carbocycles. The minimum atomic E-state index is -0.206. The Morgan fingerprint density at radius 2 is 1.88 bits per heavy atom. The van der Waals surface area contributed by atoms with Gasteiger partial charge in [-0.25, -0.2) is 4.39 Å². The number of nitrogens with zero attached hydrogens (tertiary/aromatic N) is 2. The van der Waals surface area contributed by atoms with Crippen molar-refractivity contribution in [3.8, 4) is 0 Å². The third-order valence-electron chi connectivity index (χ3n) is 4.51. The highest BCUT2D eigenvalue weighted by molar-refractivity contribution is 5.85. The van der Waals surface area contributed by atoms with E-state index in [0.717, 1.165) is 13.0 Å². The van der Waals surface area contributed by atoms with Crippen molar-refractivity contribution < 1.29 is 13.9 Å². The average Bonchev–Trinajstić information content (AvgIpc) is 3.04. The Hall–Kier alpha value is -1.08.